The molecule has 136 valence electrons. The first-order valence-electron chi connectivity index (χ1n) is 8.29. The zero-order valence-electron chi connectivity index (χ0n) is 14.8. The van der Waals surface area contributed by atoms with Crippen molar-refractivity contribution in [3.8, 4) is 11.1 Å². The maximum Gasteiger partial charge on any atom is 0.414 e. The van der Waals surface area contributed by atoms with Crippen molar-refractivity contribution in [3.63, 3.8) is 0 Å². The molecule has 0 aromatic heterocycles. The van der Waals surface area contributed by atoms with Crippen LogP contribution in [0, 0.1) is 5.82 Å². The Bertz CT molecular complexity index is 855. The highest BCUT2D eigenvalue weighted by atomic mass is 19.1. The van der Waals surface area contributed by atoms with E-state index in [0.717, 1.165) is 11.1 Å². The summed E-state index contributed by atoms with van der Waals surface area (Å²) < 4.78 is 18.6. The third kappa shape index (κ3) is 3.54. The number of halogens is 1. The summed E-state index contributed by atoms with van der Waals surface area (Å²) in [6.45, 7) is 5.29. The summed E-state index contributed by atoms with van der Waals surface area (Å²) in [5.41, 5.74) is 1.93. The van der Waals surface area contributed by atoms with Crippen LogP contribution in [0.2, 0.25) is 0 Å². The predicted molar refractivity (Wildman–Crippen MR) is 95.8 cm³/mol. The summed E-state index contributed by atoms with van der Waals surface area (Å²) in [5.74, 6) is -2.14. The Hall–Kier alpha value is -2.89. The van der Waals surface area contributed by atoms with E-state index in [9.17, 15) is 19.1 Å². The molecule has 1 amide bonds. The minimum Gasteiger partial charge on any atom is -0.481 e. The van der Waals surface area contributed by atoms with Gasteiger partial charge in [-0.1, -0.05) is 24.3 Å². The molecule has 3 rings (SSSR count). The van der Waals surface area contributed by atoms with E-state index >= 15 is 0 Å². The van der Waals surface area contributed by atoms with Crippen LogP contribution in [0.1, 0.15) is 32.3 Å². The molecule has 1 aliphatic rings. The largest absolute Gasteiger partial charge is 0.481 e. The van der Waals surface area contributed by atoms with Crippen LogP contribution < -0.4 is 4.90 Å². The normalized spacial score (nSPS) is 16.3. The lowest BCUT2D eigenvalue weighted by atomic mass is 9.97. The number of carbonyl (C=O) groups excluding carboxylic acids is 1. The Kier molecular flexibility index (Phi) is 4.44. The van der Waals surface area contributed by atoms with E-state index in [1.807, 2.05) is 0 Å². The van der Waals surface area contributed by atoms with E-state index in [2.05, 4.69) is 0 Å². The van der Waals surface area contributed by atoms with Gasteiger partial charge in [-0.2, -0.15) is 0 Å². The first-order chi connectivity index (χ1) is 12.2. The van der Waals surface area contributed by atoms with Crippen LogP contribution >= 0.6 is 0 Å². The smallest absolute Gasteiger partial charge is 0.414 e. The second-order valence-corrected chi connectivity index (χ2v) is 7.26. The monoisotopic (exact) mass is 357 g/mol. The number of carboxylic acid groups (broad SMARTS) is 1. The topological polar surface area (TPSA) is 66.8 Å². The first-order valence-corrected chi connectivity index (χ1v) is 8.29. The van der Waals surface area contributed by atoms with Gasteiger partial charge < -0.3 is 9.84 Å². The van der Waals surface area contributed by atoms with Gasteiger partial charge in [0.25, 0.3) is 0 Å². The maximum atomic E-state index is 13.2. The van der Waals surface area contributed by atoms with Gasteiger partial charge in [0.1, 0.15) is 17.3 Å². The van der Waals surface area contributed by atoms with Crippen LogP contribution in [0.25, 0.3) is 11.1 Å². The molecule has 26 heavy (non-hydrogen) atoms. The number of amides is 1. The van der Waals surface area contributed by atoms with Crippen LogP contribution in [-0.4, -0.2) is 29.3 Å². The number of fused-ring (bicyclic) bond motifs is 1. The van der Waals surface area contributed by atoms with Gasteiger partial charge in [-0.05, 0) is 55.7 Å². The highest BCUT2D eigenvalue weighted by molar-refractivity contribution is 5.96. The lowest BCUT2D eigenvalue weighted by Crippen LogP contribution is -2.36. The van der Waals surface area contributed by atoms with Crippen LogP contribution in [0.5, 0.6) is 0 Å². The molecular weight excluding hydrogens is 337 g/mol. The Balaban J connectivity index is 2.02. The first kappa shape index (κ1) is 17.9. The van der Waals surface area contributed by atoms with Gasteiger partial charge in [0.15, 0.2) is 0 Å². The highest BCUT2D eigenvalue weighted by Gasteiger charge is 2.38. The highest BCUT2D eigenvalue weighted by Crippen LogP contribution is 2.40. The Morgan fingerprint density at radius 3 is 2.31 bits per heavy atom. The molecule has 0 bridgehead atoms. The third-order valence-corrected chi connectivity index (χ3v) is 4.15. The molecule has 1 heterocycles. The molecule has 0 spiro atoms. The molecule has 1 atom stereocenters. The van der Waals surface area contributed by atoms with Gasteiger partial charge in [-0.25, -0.2) is 9.18 Å². The second kappa shape index (κ2) is 6.44. The van der Waals surface area contributed by atoms with Crippen molar-refractivity contribution < 1.29 is 23.8 Å². The average Bonchev–Trinajstić information content (AvgIpc) is 2.93. The van der Waals surface area contributed by atoms with Crippen LogP contribution in [0.3, 0.4) is 0 Å². The van der Waals surface area contributed by atoms with Gasteiger partial charge in [0.2, 0.25) is 0 Å². The fraction of sp³-hybridized carbons (Fsp3) is 0.300. The summed E-state index contributed by atoms with van der Waals surface area (Å²) in [6, 6.07) is 11.2. The molecule has 1 N–H and O–H groups in total. The van der Waals surface area contributed by atoms with Crippen LogP contribution in [-0.2, 0) is 9.53 Å². The third-order valence-electron chi connectivity index (χ3n) is 4.15. The number of carboxylic acids is 1. The number of ether oxygens (including phenoxy) is 1. The van der Waals surface area contributed by atoms with E-state index < -0.39 is 23.6 Å². The summed E-state index contributed by atoms with van der Waals surface area (Å²) in [7, 11) is 0. The van der Waals surface area contributed by atoms with Gasteiger partial charge in [-0.15, -0.1) is 0 Å². The van der Waals surface area contributed by atoms with Gasteiger partial charge in [-0.3, -0.25) is 9.69 Å². The summed E-state index contributed by atoms with van der Waals surface area (Å²) in [6.07, 6.45) is -0.584. The number of hydrogen-bond donors (Lipinski definition) is 1. The standard InChI is InChI=1S/C20H20FNO4/c1-20(2,3)26-19(25)22-11-16(18(23)24)15-9-6-13(10-17(15)22)12-4-7-14(21)8-5-12/h4-10,16H,11H2,1-3H3,(H,23,24). The van der Waals surface area contributed by atoms with Gasteiger partial charge in [0, 0.05) is 6.54 Å². The SMILES string of the molecule is CC(C)(C)OC(=O)N1CC(C(=O)O)c2ccc(-c3ccc(F)cc3)cc21. The number of benzene rings is 2. The zero-order valence-corrected chi connectivity index (χ0v) is 14.8. The van der Waals surface area contributed by atoms with Crippen LogP contribution in [0.4, 0.5) is 14.9 Å². The Morgan fingerprint density at radius 2 is 1.73 bits per heavy atom. The summed E-state index contributed by atoms with van der Waals surface area (Å²) in [4.78, 5) is 25.5. The lowest BCUT2D eigenvalue weighted by Gasteiger charge is -2.25. The molecule has 6 heteroatoms. The van der Waals surface area contributed by atoms with E-state index in [-0.39, 0.29) is 12.4 Å². The fourth-order valence-corrected chi connectivity index (χ4v) is 2.97. The number of aliphatic carboxylic acids is 1. The molecule has 0 saturated carbocycles. The fourth-order valence-electron chi connectivity index (χ4n) is 2.97. The zero-order chi connectivity index (χ0) is 19.1. The quantitative estimate of drug-likeness (QED) is 0.864. The minimum absolute atomic E-state index is 0.0203. The van der Waals surface area contributed by atoms with Gasteiger partial charge in [0.05, 0.1) is 5.69 Å². The van der Waals surface area contributed by atoms with Crippen molar-refractivity contribution in [2.45, 2.75) is 32.3 Å². The molecule has 0 radical (unpaired) electrons. The lowest BCUT2D eigenvalue weighted by molar-refractivity contribution is -0.138. The van der Waals surface area contributed by atoms with E-state index in [1.165, 1.54) is 17.0 Å². The van der Waals surface area contributed by atoms with Crippen molar-refractivity contribution in [2.24, 2.45) is 0 Å². The number of anilines is 1. The molecule has 0 aliphatic carbocycles. The predicted octanol–water partition coefficient (Wildman–Crippen LogP) is 4.42. The van der Waals surface area contributed by atoms with E-state index in [1.54, 1.807) is 51.1 Å². The van der Waals surface area contributed by atoms with E-state index in [4.69, 9.17) is 4.74 Å². The Labute approximate surface area is 151 Å². The summed E-state index contributed by atoms with van der Waals surface area (Å²) >= 11 is 0. The van der Waals surface area contributed by atoms with Crippen molar-refractivity contribution in [1.82, 2.24) is 0 Å². The number of carbonyl (C=O) groups is 2. The molecule has 1 aliphatic heterocycles. The van der Waals surface area contributed by atoms with Crippen molar-refractivity contribution in [2.75, 3.05) is 11.4 Å². The maximum absolute atomic E-state index is 13.2. The van der Waals surface area contributed by atoms with Crippen molar-refractivity contribution in [1.29, 1.82) is 0 Å². The second-order valence-electron chi connectivity index (χ2n) is 7.26. The molecule has 1 unspecified atom stereocenters. The molecule has 2 aromatic rings. The van der Waals surface area contributed by atoms with Crippen molar-refractivity contribution >= 4 is 17.7 Å². The molecule has 0 fully saturated rings. The number of rotatable bonds is 2. The van der Waals surface area contributed by atoms with Crippen LogP contribution in [0.15, 0.2) is 42.5 Å². The molecule has 0 saturated heterocycles. The minimum atomic E-state index is -0.994. The molecule has 5 nitrogen and oxygen atoms in total. The molecular formula is C20H20FNO4. The number of nitrogens with zero attached hydrogens (tertiary/aromatic N) is 1. The van der Waals surface area contributed by atoms with Crippen molar-refractivity contribution in [3.05, 3.63) is 53.8 Å². The number of hydrogen-bond acceptors (Lipinski definition) is 3. The summed E-state index contributed by atoms with van der Waals surface area (Å²) in [5, 5.41) is 9.49. The van der Waals surface area contributed by atoms with Gasteiger partial charge >= 0.3 is 12.1 Å². The molecule has 2 aromatic carbocycles. The average molecular weight is 357 g/mol. The Morgan fingerprint density at radius 1 is 1.12 bits per heavy atom. The van der Waals surface area contributed by atoms with E-state index in [0.29, 0.717) is 11.3 Å².